The van der Waals surface area contributed by atoms with E-state index in [0.717, 1.165) is 23.1 Å². The molecular formula is C14H21BrN2O2S. The maximum absolute atomic E-state index is 12.4. The van der Waals surface area contributed by atoms with Crippen molar-refractivity contribution in [3.05, 3.63) is 28.5 Å². The van der Waals surface area contributed by atoms with Gasteiger partial charge in [0.15, 0.2) is 0 Å². The lowest BCUT2D eigenvalue weighted by Crippen LogP contribution is -2.46. The Balaban J connectivity index is 2.17. The fourth-order valence-electron chi connectivity index (χ4n) is 2.19. The van der Waals surface area contributed by atoms with E-state index < -0.39 is 11.4 Å². The minimum Gasteiger partial charge on any atom is -0.598 e. The molecule has 1 aromatic heterocycles. The maximum Gasteiger partial charge on any atom is 0.136 e. The van der Waals surface area contributed by atoms with E-state index in [-0.39, 0.29) is 22.8 Å². The van der Waals surface area contributed by atoms with E-state index in [1.807, 2.05) is 39.0 Å². The molecular weight excluding hydrogens is 340 g/mol. The molecule has 0 spiro atoms. The molecule has 0 amide bonds. The number of hydrogen-bond acceptors (Lipinski definition) is 4. The smallest absolute Gasteiger partial charge is 0.136 e. The summed E-state index contributed by atoms with van der Waals surface area (Å²) in [6.45, 7) is 5.82. The monoisotopic (exact) mass is 360 g/mol. The molecule has 2 unspecified atom stereocenters. The van der Waals surface area contributed by atoms with Gasteiger partial charge in [-0.25, -0.2) is 4.98 Å². The topological polar surface area (TPSA) is 68.2 Å². The predicted molar refractivity (Wildman–Crippen MR) is 84.4 cm³/mol. The molecule has 1 aromatic rings. The Kier molecular flexibility index (Phi) is 5.13. The summed E-state index contributed by atoms with van der Waals surface area (Å²) in [5.74, 6) is 0.276. The number of aliphatic hydroxyl groups excluding tert-OH is 1. The Bertz CT molecular complexity index is 461. The molecule has 1 aliphatic rings. The van der Waals surface area contributed by atoms with E-state index in [1.165, 1.54) is 0 Å². The van der Waals surface area contributed by atoms with Gasteiger partial charge in [0, 0.05) is 11.4 Å². The molecule has 1 aliphatic carbocycles. The number of aliphatic hydroxyl groups is 1. The van der Waals surface area contributed by atoms with Gasteiger partial charge in [0.25, 0.3) is 0 Å². The van der Waals surface area contributed by atoms with Crippen molar-refractivity contribution < 1.29 is 9.66 Å². The van der Waals surface area contributed by atoms with Crippen molar-refractivity contribution in [2.75, 3.05) is 0 Å². The second-order valence-electron chi connectivity index (χ2n) is 6.25. The van der Waals surface area contributed by atoms with Crippen LogP contribution >= 0.6 is 15.9 Å². The first-order valence-corrected chi connectivity index (χ1v) is 8.70. The molecule has 2 N–H and O–H groups in total. The lowest BCUT2D eigenvalue weighted by molar-refractivity contribution is 0.0272. The first kappa shape index (κ1) is 16.2. The molecule has 4 nitrogen and oxygen atoms in total. The summed E-state index contributed by atoms with van der Waals surface area (Å²) in [5.41, 5.74) is 0.869. The zero-order valence-electron chi connectivity index (χ0n) is 12.0. The number of nitrogens with one attached hydrogen (secondary N) is 1. The van der Waals surface area contributed by atoms with Gasteiger partial charge in [-0.05, 0) is 67.6 Å². The third kappa shape index (κ3) is 3.95. The van der Waals surface area contributed by atoms with Crippen LogP contribution in [-0.4, -0.2) is 25.5 Å². The van der Waals surface area contributed by atoms with E-state index >= 15 is 0 Å². The van der Waals surface area contributed by atoms with Crippen LogP contribution in [0.4, 0.5) is 0 Å². The van der Waals surface area contributed by atoms with Crippen molar-refractivity contribution in [3.63, 3.8) is 0 Å². The normalized spacial score (nSPS) is 25.9. The Morgan fingerprint density at radius 1 is 1.45 bits per heavy atom. The lowest BCUT2D eigenvalue weighted by Gasteiger charge is -2.38. The van der Waals surface area contributed by atoms with Crippen LogP contribution in [0.3, 0.4) is 0 Å². The highest BCUT2D eigenvalue weighted by Crippen LogP contribution is 2.38. The van der Waals surface area contributed by atoms with Crippen molar-refractivity contribution in [2.24, 2.45) is 5.92 Å². The summed E-state index contributed by atoms with van der Waals surface area (Å²) in [6.07, 6.45) is 1.22. The second kappa shape index (κ2) is 6.32. The van der Waals surface area contributed by atoms with E-state index in [0.29, 0.717) is 0 Å². The molecule has 0 bridgehead atoms. The van der Waals surface area contributed by atoms with E-state index in [2.05, 4.69) is 25.6 Å². The molecule has 0 saturated heterocycles. The van der Waals surface area contributed by atoms with Crippen LogP contribution in [0.25, 0.3) is 0 Å². The number of halogens is 1. The van der Waals surface area contributed by atoms with Gasteiger partial charge in [0.1, 0.15) is 9.35 Å². The van der Waals surface area contributed by atoms with Crippen LogP contribution in [0.1, 0.15) is 45.3 Å². The highest BCUT2D eigenvalue weighted by Gasteiger charge is 2.40. The number of aromatic nitrogens is 1. The number of hydrogen-bond donors (Lipinski definition) is 2. The molecule has 1 fully saturated rings. The molecule has 0 radical (unpaired) electrons. The van der Waals surface area contributed by atoms with Gasteiger partial charge in [-0.1, -0.05) is 6.07 Å². The van der Waals surface area contributed by atoms with Gasteiger partial charge in [0.2, 0.25) is 0 Å². The first-order valence-electron chi connectivity index (χ1n) is 6.76. The highest BCUT2D eigenvalue weighted by atomic mass is 79.9. The maximum atomic E-state index is 12.4. The summed E-state index contributed by atoms with van der Waals surface area (Å²) < 4.78 is 16.0. The molecule has 0 aliphatic heterocycles. The second-order valence-corrected chi connectivity index (χ2v) is 9.06. The fourth-order valence-corrected chi connectivity index (χ4v) is 3.44. The minimum atomic E-state index is -1.16. The number of nitrogens with zero attached hydrogens (tertiary/aromatic N) is 1. The van der Waals surface area contributed by atoms with Gasteiger partial charge < -0.3 is 9.66 Å². The number of pyridine rings is 1. The van der Waals surface area contributed by atoms with Crippen LogP contribution in [0.2, 0.25) is 0 Å². The van der Waals surface area contributed by atoms with Crippen LogP contribution < -0.4 is 4.72 Å². The van der Waals surface area contributed by atoms with Crippen molar-refractivity contribution >= 4 is 27.3 Å². The van der Waals surface area contributed by atoms with Gasteiger partial charge in [-0.15, -0.1) is 4.72 Å². The van der Waals surface area contributed by atoms with Crippen LogP contribution in [-0.2, 0) is 11.4 Å². The van der Waals surface area contributed by atoms with E-state index in [1.54, 1.807) is 0 Å². The summed E-state index contributed by atoms with van der Waals surface area (Å²) >= 11 is 2.21. The zero-order valence-corrected chi connectivity index (χ0v) is 14.4. The standard InChI is InChI=1S/C14H21BrN2O2S/c1-14(2,3)20(19)17-13(9-7-10(18)8-9)11-5-4-6-12(15)16-11/h4-6,9-10,13,17-18H,7-8H2,1-3H3. The van der Waals surface area contributed by atoms with E-state index in [4.69, 9.17) is 0 Å². The molecule has 2 rings (SSSR count). The summed E-state index contributed by atoms with van der Waals surface area (Å²) in [7, 11) is 0. The third-order valence-electron chi connectivity index (χ3n) is 3.47. The minimum absolute atomic E-state index is 0.0871. The van der Waals surface area contributed by atoms with Crippen LogP contribution in [0.15, 0.2) is 22.8 Å². The zero-order chi connectivity index (χ0) is 14.9. The van der Waals surface area contributed by atoms with Crippen LogP contribution in [0, 0.1) is 5.92 Å². The van der Waals surface area contributed by atoms with Crippen molar-refractivity contribution in [1.82, 2.24) is 9.71 Å². The number of rotatable bonds is 4. The third-order valence-corrected chi connectivity index (χ3v) is 5.49. The first-order chi connectivity index (χ1) is 9.27. The van der Waals surface area contributed by atoms with Crippen molar-refractivity contribution in [2.45, 2.75) is 50.5 Å². The molecule has 2 atom stereocenters. The van der Waals surface area contributed by atoms with Crippen molar-refractivity contribution in [1.29, 1.82) is 0 Å². The van der Waals surface area contributed by atoms with Crippen LogP contribution in [0.5, 0.6) is 0 Å². The molecule has 1 heterocycles. The van der Waals surface area contributed by atoms with Gasteiger partial charge in [-0.3, -0.25) is 0 Å². The van der Waals surface area contributed by atoms with Crippen molar-refractivity contribution in [3.8, 4) is 0 Å². The molecule has 112 valence electrons. The largest absolute Gasteiger partial charge is 0.598 e. The Labute approximate surface area is 131 Å². The average molecular weight is 361 g/mol. The molecule has 0 aromatic carbocycles. The molecule has 20 heavy (non-hydrogen) atoms. The SMILES string of the molecule is CC(C)(C)[S+]([O-])NC(c1cccc(Br)n1)C1CC(O)C1. The summed E-state index contributed by atoms with van der Waals surface area (Å²) in [5, 5.41) is 9.53. The lowest BCUT2D eigenvalue weighted by atomic mass is 9.76. The summed E-state index contributed by atoms with van der Waals surface area (Å²) in [6, 6.07) is 5.65. The van der Waals surface area contributed by atoms with Gasteiger partial charge in [-0.2, -0.15) is 0 Å². The molecule has 1 saturated carbocycles. The average Bonchev–Trinajstić information content (AvgIpc) is 2.31. The predicted octanol–water partition coefficient (Wildman–Crippen LogP) is 2.71. The summed E-state index contributed by atoms with van der Waals surface area (Å²) in [4.78, 5) is 4.47. The Morgan fingerprint density at radius 2 is 2.10 bits per heavy atom. The quantitative estimate of drug-likeness (QED) is 0.639. The fraction of sp³-hybridized carbons (Fsp3) is 0.643. The Morgan fingerprint density at radius 3 is 2.60 bits per heavy atom. The van der Waals surface area contributed by atoms with E-state index in [9.17, 15) is 9.66 Å². The van der Waals surface area contributed by atoms with Gasteiger partial charge >= 0.3 is 0 Å². The van der Waals surface area contributed by atoms with Gasteiger partial charge in [0.05, 0.1) is 17.8 Å². The highest BCUT2D eigenvalue weighted by molar-refractivity contribution is 9.10. The Hall–Kier alpha value is -0.140. The molecule has 6 heteroatoms.